The zero-order valence-corrected chi connectivity index (χ0v) is 26.4. The number of hydrogen-bond acceptors (Lipinski definition) is 13. The van der Waals surface area contributed by atoms with Crippen molar-refractivity contribution in [3.05, 3.63) is 39.6 Å². The Hall–Kier alpha value is -4.46. The minimum absolute atomic E-state index is 0.00802. The summed E-state index contributed by atoms with van der Waals surface area (Å²) in [5.74, 6) is -3.63. The van der Waals surface area contributed by atoms with E-state index < -0.39 is 47.0 Å². The minimum atomic E-state index is -1.41. The van der Waals surface area contributed by atoms with Gasteiger partial charge in [0.25, 0.3) is 11.8 Å². The fourth-order valence-corrected chi connectivity index (χ4v) is 7.81. The molecule has 3 aliphatic rings. The summed E-state index contributed by atoms with van der Waals surface area (Å²) in [5, 5.41) is 28.1. The van der Waals surface area contributed by atoms with Crippen molar-refractivity contribution in [2.24, 2.45) is 5.16 Å². The number of nitrogen functional groups attached to an aromatic ring is 2. The first-order valence-electron chi connectivity index (χ1n) is 13.9. The number of hydrogen-bond donors (Lipinski definition) is 6. The molecule has 46 heavy (non-hydrogen) atoms. The molecule has 20 heteroatoms. The summed E-state index contributed by atoms with van der Waals surface area (Å²) >= 11 is 8.31. The molecular weight excluding hydrogens is 664 g/mol. The summed E-state index contributed by atoms with van der Waals surface area (Å²) in [4.78, 5) is 65.1. The van der Waals surface area contributed by atoms with E-state index in [4.69, 9.17) is 33.0 Å². The summed E-state index contributed by atoms with van der Waals surface area (Å²) in [5.41, 5.74) is 13.1. The van der Waals surface area contributed by atoms with Gasteiger partial charge in [-0.1, -0.05) is 28.1 Å². The van der Waals surface area contributed by atoms with Gasteiger partial charge < -0.3 is 37.2 Å². The molecule has 17 nitrogen and oxygen atoms in total. The molecule has 242 valence electrons. The number of thioether (sulfide) groups is 1. The van der Waals surface area contributed by atoms with Gasteiger partial charge in [0, 0.05) is 17.9 Å². The van der Waals surface area contributed by atoms with Crippen molar-refractivity contribution in [2.75, 3.05) is 30.3 Å². The molecule has 2 fully saturated rings. The topological polar surface area (TPSA) is 244 Å². The van der Waals surface area contributed by atoms with E-state index in [1.165, 1.54) is 18.7 Å². The summed E-state index contributed by atoms with van der Waals surface area (Å²) < 4.78 is 3.78. The van der Waals surface area contributed by atoms with Gasteiger partial charge in [-0.2, -0.15) is 0 Å². The maximum atomic E-state index is 13.4. The number of carboxylic acid groups (broad SMARTS) is 2. The van der Waals surface area contributed by atoms with Gasteiger partial charge in [-0.15, -0.1) is 11.8 Å². The van der Waals surface area contributed by atoms with Crippen molar-refractivity contribution < 1.29 is 38.8 Å². The third-order valence-electron chi connectivity index (χ3n) is 7.74. The molecule has 8 N–H and O–H groups in total. The first kappa shape index (κ1) is 31.5. The Bertz CT molecular complexity index is 1840. The van der Waals surface area contributed by atoms with Gasteiger partial charge in [-0.3, -0.25) is 19.1 Å². The number of oxime groups is 1. The van der Waals surface area contributed by atoms with Crippen molar-refractivity contribution in [1.82, 2.24) is 30.1 Å². The van der Waals surface area contributed by atoms with E-state index in [1.807, 2.05) is 16.7 Å². The van der Waals surface area contributed by atoms with Gasteiger partial charge >= 0.3 is 23.5 Å². The highest BCUT2D eigenvalue weighted by Gasteiger charge is 2.54. The molecule has 4 atom stereocenters. The number of fused-ring (bicyclic) bond motifs is 2. The Labute approximate surface area is 273 Å². The summed E-state index contributed by atoms with van der Waals surface area (Å²) in [6, 6.07) is 2.77. The van der Waals surface area contributed by atoms with E-state index in [-0.39, 0.29) is 39.2 Å². The monoisotopic (exact) mass is 691 g/mol. The van der Waals surface area contributed by atoms with Crippen LogP contribution in [-0.4, -0.2) is 95.5 Å². The number of carbonyl (C=O) groups excluding carboxylic acids is 2. The Morgan fingerprint density at radius 1 is 1.33 bits per heavy atom. The van der Waals surface area contributed by atoms with Crippen molar-refractivity contribution in [3.8, 4) is 0 Å². The average molecular weight is 692 g/mol. The highest BCUT2D eigenvalue weighted by atomic mass is 35.5. The predicted octanol–water partition coefficient (Wildman–Crippen LogP) is -0.235. The Kier molecular flexibility index (Phi) is 8.49. The van der Waals surface area contributed by atoms with Crippen LogP contribution in [-0.2, 0) is 30.6 Å². The molecule has 3 aromatic heterocycles. The Morgan fingerprint density at radius 2 is 2.11 bits per heavy atom. The molecule has 6 rings (SSSR count). The van der Waals surface area contributed by atoms with E-state index in [9.17, 15) is 24.3 Å². The number of carbonyl (C=O) groups is 4. The van der Waals surface area contributed by atoms with Crippen molar-refractivity contribution >= 4 is 86.4 Å². The van der Waals surface area contributed by atoms with Gasteiger partial charge in [-0.25, -0.2) is 19.1 Å². The van der Waals surface area contributed by atoms with E-state index in [2.05, 4.69) is 25.8 Å². The second-order valence-corrected chi connectivity index (χ2v) is 13.4. The van der Waals surface area contributed by atoms with Crippen molar-refractivity contribution in [2.45, 2.75) is 43.5 Å². The smallest absolute Gasteiger partial charge is 0.352 e. The van der Waals surface area contributed by atoms with Crippen LogP contribution in [0.4, 0.5) is 11.1 Å². The first-order valence-corrected chi connectivity index (χ1v) is 16.2. The molecule has 0 aromatic carbocycles. The molecule has 6 heterocycles. The standard InChI is InChI=1S/C26H27ClN10O7S2/c1-10(23(40)41)44-34-15(14-18(27)46-26(29)32-14)20(38)31-16-21(39)37-17(24(42)43)11(9-45-22(16)37)8-35-6-2-3-13-19(35)33-25(28)36(13)12-4-5-30-7-12/h2-3,6,10,12,16,22,28,30H,4-5,7-9H2,1H3,(H5,29,31,32,38,40,41,42,43)/p+1/t10-,12?,16?,22?/m0/s1. The van der Waals surface area contributed by atoms with Crippen LogP contribution in [0.25, 0.3) is 11.2 Å². The number of aliphatic carboxylic acids is 2. The maximum absolute atomic E-state index is 13.4. The van der Waals surface area contributed by atoms with E-state index in [0.29, 0.717) is 17.2 Å². The molecule has 3 aromatic rings. The summed E-state index contributed by atoms with van der Waals surface area (Å²) in [7, 11) is 0. The fraction of sp³-hybridized carbons (Fsp3) is 0.385. The summed E-state index contributed by atoms with van der Waals surface area (Å²) in [6.07, 6.45) is 1.27. The van der Waals surface area contributed by atoms with Crippen molar-refractivity contribution in [1.29, 1.82) is 0 Å². The fourth-order valence-electron chi connectivity index (χ4n) is 5.55. The number of nitrogens with two attached hydrogens (primary N) is 2. The molecule has 2 amide bonds. The number of nitrogens with one attached hydrogen (secondary N) is 2. The lowest BCUT2D eigenvalue weighted by atomic mass is 10.0. The van der Waals surface area contributed by atoms with Gasteiger partial charge in [0.05, 0.1) is 12.2 Å². The molecule has 3 aliphatic heterocycles. The number of rotatable bonds is 10. The Morgan fingerprint density at radius 3 is 2.76 bits per heavy atom. The van der Waals surface area contributed by atoms with E-state index in [1.54, 1.807) is 10.8 Å². The number of imidazole rings is 1. The highest BCUT2D eigenvalue weighted by Crippen LogP contribution is 2.40. The highest BCUT2D eigenvalue weighted by molar-refractivity contribution is 8.00. The molecule has 2 saturated heterocycles. The number of carboxylic acids is 2. The molecule has 3 unspecified atom stereocenters. The van der Waals surface area contributed by atoms with Gasteiger partial charge in [0.15, 0.2) is 10.8 Å². The van der Waals surface area contributed by atoms with Crippen LogP contribution in [0.2, 0.25) is 4.34 Å². The molecular formula is C26H28ClN10O7S2+. The molecule has 0 bridgehead atoms. The second kappa shape index (κ2) is 12.4. The van der Waals surface area contributed by atoms with Gasteiger partial charge in [-0.05, 0) is 37.0 Å². The zero-order chi connectivity index (χ0) is 32.9. The average Bonchev–Trinajstić information content (AvgIpc) is 3.74. The number of β-lactam (4-membered cyclic amide) rings is 1. The zero-order valence-electron chi connectivity index (χ0n) is 24.0. The number of amides is 2. The molecule has 0 saturated carbocycles. The van der Waals surface area contributed by atoms with Gasteiger partial charge in [0.2, 0.25) is 6.10 Å². The van der Waals surface area contributed by atoms with Crippen LogP contribution in [0.1, 0.15) is 25.1 Å². The number of thiazole rings is 1. The van der Waals surface area contributed by atoms with Crippen LogP contribution in [0, 0.1) is 0 Å². The first-order chi connectivity index (χ1) is 22.0. The number of nitrogens with zero attached hydrogens (tertiary/aromatic N) is 6. The van der Waals surface area contributed by atoms with Crippen LogP contribution < -0.4 is 26.7 Å². The van der Waals surface area contributed by atoms with Crippen molar-refractivity contribution in [3.63, 3.8) is 0 Å². The number of anilines is 2. The minimum Gasteiger partial charge on any atom is -0.478 e. The van der Waals surface area contributed by atoms with E-state index in [0.717, 1.165) is 41.3 Å². The lowest BCUT2D eigenvalue weighted by Gasteiger charge is -2.49. The summed E-state index contributed by atoms with van der Waals surface area (Å²) in [6.45, 7) is 2.97. The lowest BCUT2D eigenvalue weighted by molar-refractivity contribution is -0.664. The lowest BCUT2D eigenvalue weighted by Crippen LogP contribution is -2.71. The maximum Gasteiger partial charge on any atom is 0.352 e. The van der Waals surface area contributed by atoms with Crippen LogP contribution in [0.3, 0.4) is 0 Å². The molecule has 0 aliphatic carbocycles. The number of pyridine rings is 1. The third kappa shape index (κ3) is 5.59. The molecule has 0 spiro atoms. The van der Waals surface area contributed by atoms with E-state index >= 15 is 0 Å². The number of halogens is 1. The Balaban J connectivity index is 1.25. The predicted molar refractivity (Wildman–Crippen MR) is 167 cm³/mol. The number of aromatic nitrogens is 4. The van der Waals surface area contributed by atoms with Crippen LogP contribution in [0.15, 0.2) is 34.8 Å². The molecule has 0 radical (unpaired) electrons. The third-order valence-corrected chi connectivity index (χ3v) is 10.2. The van der Waals surface area contributed by atoms with Gasteiger partial charge in [0.1, 0.15) is 39.2 Å². The van der Waals surface area contributed by atoms with Crippen LogP contribution in [0.5, 0.6) is 0 Å². The van der Waals surface area contributed by atoms with Crippen LogP contribution >= 0.6 is 34.7 Å². The normalized spacial score (nSPS) is 22.0. The quantitative estimate of drug-likeness (QED) is 0.0697. The second-order valence-electron chi connectivity index (χ2n) is 10.7. The SMILES string of the molecule is C[C@H](ON=C(C(=O)NC1C(=O)N2C(C(=O)O)=C(C[n+]3cccc4c3nc(N)n4C3CCNC3)CSC12)c1nc(N)sc1Cl)C(=O)O. The largest absolute Gasteiger partial charge is 0.478 e.